The molecule has 1 aromatic carbocycles. The Hall–Kier alpha value is -1.74. The molecule has 1 aliphatic rings. The summed E-state index contributed by atoms with van der Waals surface area (Å²) < 4.78 is 27.3. The molecule has 8 heteroatoms. The minimum Gasteiger partial charge on any atom is -0.348 e. The lowest BCUT2D eigenvalue weighted by Gasteiger charge is -2.33. The van der Waals surface area contributed by atoms with Crippen LogP contribution in [0.4, 0.5) is 0 Å². The summed E-state index contributed by atoms with van der Waals surface area (Å²) >= 11 is 1.62. The lowest BCUT2D eigenvalue weighted by atomic mass is 10.1. The number of thiophene rings is 1. The van der Waals surface area contributed by atoms with Crippen molar-refractivity contribution >= 4 is 27.3 Å². The number of hydrogen-bond acceptors (Lipinski definition) is 5. The Balaban J connectivity index is 1.53. The van der Waals surface area contributed by atoms with E-state index >= 15 is 0 Å². The van der Waals surface area contributed by atoms with Gasteiger partial charge in [-0.25, -0.2) is 8.42 Å². The van der Waals surface area contributed by atoms with Gasteiger partial charge in [0.15, 0.2) is 0 Å². The first kappa shape index (κ1) is 21.0. The maximum atomic E-state index is 12.9. The fourth-order valence-corrected chi connectivity index (χ4v) is 5.49. The summed E-state index contributed by atoms with van der Waals surface area (Å²) in [5, 5.41) is 5.00. The van der Waals surface area contributed by atoms with Crippen LogP contribution in [0.1, 0.15) is 29.0 Å². The van der Waals surface area contributed by atoms with Crippen LogP contribution in [0.15, 0.2) is 40.6 Å². The van der Waals surface area contributed by atoms with Crippen LogP contribution in [-0.2, 0) is 14.8 Å². The molecule has 2 heterocycles. The highest BCUT2D eigenvalue weighted by Gasteiger charge is 2.29. The Bertz CT molecular complexity index is 918. The van der Waals surface area contributed by atoms with Gasteiger partial charge in [-0.15, -0.1) is 11.3 Å². The summed E-state index contributed by atoms with van der Waals surface area (Å²) in [7, 11) is -3.49. The molecule has 152 valence electrons. The van der Waals surface area contributed by atoms with Crippen molar-refractivity contribution in [2.45, 2.75) is 31.7 Å². The summed E-state index contributed by atoms with van der Waals surface area (Å²) in [6.45, 7) is 8.02. The normalized spacial score (nSPS) is 17.4. The minimum atomic E-state index is -3.49. The van der Waals surface area contributed by atoms with E-state index < -0.39 is 10.0 Å². The molecule has 2 aromatic rings. The molecule has 0 bridgehead atoms. The van der Waals surface area contributed by atoms with Crippen LogP contribution >= 0.6 is 11.3 Å². The van der Waals surface area contributed by atoms with Crippen LogP contribution in [0, 0.1) is 13.8 Å². The van der Waals surface area contributed by atoms with Gasteiger partial charge < -0.3 is 5.32 Å². The number of hydrogen-bond donors (Lipinski definition) is 1. The van der Waals surface area contributed by atoms with E-state index in [1.54, 1.807) is 23.5 Å². The fourth-order valence-electron chi connectivity index (χ4n) is 3.25. The van der Waals surface area contributed by atoms with Gasteiger partial charge in [-0.1, -0.05) is 12.1 Å². The second-order valence-electron chi connectivity index (χ2n) is 7.23. The van der Waals surface area contributed by atoms with E-state index in [1.807, 2.05) is 49.3 Å². The summed E-state index contributed by atoms with van der Waals surface area (Å²) in [6, 6.07) is 9.21. The number of benzene rings is 1. The molecule has 1 aromatic heterocycles. The predicted octanol–water partition coefficient (Wildman–Crippen LogP) is 2.55. The fraction of sp³-hybridized carbons (Fsp3) is 0.450. The average molecular weight is 422 g/mol. The lowest BCUT2D eigenvalue weighted by Crippen LogP contribution is -2.51. The molecule has 1 aliphatic heterocycles. The zero-order valence-corrected chi connectivity index (χ0v) is 18.1. The molecule has 1 amide bonds. The van der Waals surface area contributed by atoms with Crippen molar-refractivity contribution < 1.29 is 13.2 Å². The molecular weight excluding hydrogens is 394 g/mol. The number of nitrogens with zero attached hydrogens (tertiary/aromatic N) is 2. The number of sulfonamides is 1. The van der Waals surface area contributed by atoms with Crippen LogP contribution in [0.5, 0.6) is 0 Å². The van der Waals surface area contributed by atoms with E-state index in [2.05, 4.69) is 5.32 Å². The highest BCUT2D eigenvalue weighted by Crippen LogP contribution is 2.21. The molecule has 0 unspecified atom stereocenters. The van der Waals surface area contributed by atoms with Crippen molar-refractivity contribution in [3.8, 4) is 0 Å². The van der Waals surface area contributed by atoms with Crippen LogP contribution in [0.25, 0.3) is 0 Å². The standard InChI is InChI=1S/C20H27N3O3S2/c1-15-6-7-18(13-16(15)2)28(25,26)23-10-8-22(9-11-23)14-20(24)21-17(3)19-5-4-12-27-19/h4-7,12-13,17H,8-11,14H2,1-3H3,(H,21,24)/t17-/m1/s1. The van der Waals surface area contributed by atoms with Crippen molar-refractivity contribution in [1.82, 2.24) is 14.5 Å². The number of carbonyl (C=O) groups excluding carboxylic acids is 1. The summed E-state index contributed by atoms with van der Waals surface area (Å²) in [6.07, 6.45) is 0. The molecule has 0 aliphatic carbocycles. The Labute approximate surface area is 171 Å². The SMILES string of the molecule is Cc1ccc(S(=O)(=O)N2CCN(CC(=O)N[C@H](C)c3cccs3)CC2)cc1C. The molecular formula is C20H27N3O3S2. The quantitative estimate of drug-likeness (QED) is 0.778. The average Bonchev–Trinajstić information content (AvgIpc) is 3.19. The van der Waals surface area contributed by atoms with Gasteiger partial charge >= 0.3 is 0 Å². The zero-order chi connectivity index (χ0) is 20.3. The molecule has 0 spiro atoms. The Morgan fingerprint density at radius 3 is 2.46 bits per heavy atom. The molecule has 1 atom stereocenters. The highest BCUT2D eigenvalue weighted by atomic mass is 32.2. The smallest absolute Gasteiger partial charge is 0.243 e. The van der Waals surface area contributed by atoms with Gasteiger partial charge in [-0.2, -0.15) is 4.31 Å². The first-order valence-corrected chi connectivity index (χ1v) is 11.7. The van der Waals surface area contributed by atoms with Gasteiger partial charge in [0.05, 0.1) is 17.5 Å². The van der Waals surface area contributed by atoms with E-state index in [4.69, 9.17) is 0 Å². The van der Waals surface area contributed by atoms with Crippen molar-refractivity contribution in [1.29, 1.82) is 0 Å². The first-order valence-electron chi connectivity index (χ1n) is 9.40. The maximum absolute atomic E-state index is 12.9. The van der Waals surface area contributed by atoms with Gasteiger partial charge in [-0.05, 0) is 55.5 Å². The van der Waals surface area contributed by atoms with Crippen molar-refractivity contribution in [2.24, 2.45) is 0 Å². The van der Waals surface area contributed by atoms with E-state index in [0.29, 0.717) is 31.1 Å². The number of rotatable bonds is 6. The van der Waals surface area contributed by atoms with Crippen LogP contribution in [0.3, 0.4) is 0 Å². The molecule has 1 fully saturated rings. The number of amides is 1. The lowest BCUT2D eigenvalue weighted by molar-refractivity contribution is -0.123. The van der Waals surface area contributed by atoms with E-state index in [1.165, 1.54) is 4.31 Å². The van der Waals surface area contributed by atoms with Gasteiger partial charge in [0, 0.05) is 31.1 Å². The second-order valence-corrected chi connectivity index (χ2v) is 10.1. The number of nitrogens with one attached hydrogen (secondary N) is 1. The van der Waals surface area contributed by atoms with E-state index in [0.717, 1.165) is 16.0 Å². The number of aryl methyl sites for hydroxylation is 2. The van der Waals surface area contributed by atoms with Crippen molar-refractivity contribution in [3.63, 3.8) is 0 Å². The van der Waals surface area contributed by atoms with Gasteiger partial charge in [-0.3, -0.25) is 9.69 Å². The molecule has 0 saturated carbocycles. The Morgan fingerprint density at radius 2 is 1.86 bits per heavy atom. The van der Waals surface area contributed by atoms with Crippen LogP contribution in [-0.4, -0.2) is 56.3 Å². The van der Waals surface area contributed by atoms with Crippen LogP contribution in [0.2, 0.25) is 0 Å². The highest BCUT2D eigenvalue weighted by molar-refractivity contribution is 7.89. The number of piperazine rings is 1. The molecule has 1 saturated heterocycles. The monoisotopic (exact) mass is 421 g/mol. The Kier molecular flexibility index (Phi) is 6.54. The van der Waals surface area contributed by atoms with E-state index in [-0.39, 0.29) is 18.5 Å². The molecule has 0 radical (unpaired) electrons. The molecule has 1 N–H and O–H groups in total. The summed E-state index contributed by atoms with van der Waals surface area (Å²) in [4.78, 5) is 15.8. The first-order chi connectivity index (χ1) is 13.3. The maximum Gasteiger partial charge on any atom is 0.243 e. The van der Waals surface area contributed by atoms with Gasteiger partial charge in [0.25, 0.3) is 0 Å². The zero-order valence-electron chi connectivity index (χ0n) is 16.5. The third-order valence-corrected chi connectivity index (χ3v) is 8.11. The number of carbonyl (C=O) groups is 1. The summed E-state index contributed by atoms with van der Waals surface area (Å²) in [5.74, 6) is -0.0358. The third-order valence-electron chi connectivity index (χ3n) is 5.16. The van der Waals surface area contributed by atoms with Crippen molar-refractivity contribution in [2.75, 3.05) is 32.7 Å². The molecule has 6 nitrogen and oxygen atoms in total. The van der Waals surface area contributed by atoms with E-state index in [9.17, 15) is 13.2 Å². The predicted molar refractivity (Wildman–Crippen MR) is 112 cm³/mol. The molecule has 3 rings (SSSR count). The van der Waals surface area contributed by atoms with Gasteiger partial charge in [0.1, 0.15) is 0 Å². The second kappa shape index (κ2) is 8.73. The minimum absolute atomic E-state index is 0.0149. The molecule has 28 heavy (non-hydrogen) atoms. The van der Waals surface area contributed by atoms with Gasteiger partial charge in [0.2, 0.25) is 15.9 Å². The summed E-state index contributed by atoms with van der Waals surface area (Å²) in [5.41, 5.74) is 2.04. The largest absolute Gasteiger partial charge is 0.348 e. The topological polar surface area (TPSA) is 69.7 Å². The van der Waals surface area contributed by atoms with Crippen molar-refractivity contribution in [3.05, 3.63) is 51.7 Å². The third kappa shape index (κ3) is 4.81. The Morgan fingerprint density at radius 1 is 1.14 bits per heavy atom. The van der Waals surface area contributed by atoms with Crippen LogP contribution < -0.4 is 5.32 Å².